The van der Waals surface area contributed by atoms with Gasteiger partial charge in [-0.05, 0) is 23.8 Å². The highest BCUT2D eigenvalue weighted by molar-refractivity contribution is 8.01. The van der Waals surface area contributed by atoms with Crippen LogP contribution in [-0.4, -0.2) is 21.9 Å². The molecule has 2 aromatic heterocycles. The zero-order valence-corrected chi connectivity index (χ0v) is 16.2. The Morgan fingerprint density at radius 3 is 2.88 bits per heavy atom. The van der Waals surface area contributed by atoms with Crippen molar-refractivity contribution < 1.29 is 9.21 Å². The van der Waals surface area contributed by atoms with Crippen molar-refractivity contribution in [2.75, 3.05) is 11.1 Å². The molecule has 0 bridgehead atoms. The second-order valence-electron chi connectivity index (χ2n) is 5.27. The molecule has 2 N–H and O–H groups in total. The van der Waals surface area contributed by atoms with Crippen molar-refractivity contribution in [3.63, 3.8) is 0 Å². The van der Waals surface area contributed by atoms with Gasteiger partial charge in [0.2, 0.25) is 11.0 Å². The van der Waals surface area contributed by atoms with Crippen LogP contribution in [0, 0.1) is 0 Å². The lowest BCUT2D eigenvalue weighted by Crippen LogP contribution is -2.23. The van der Waals surface area contributed by atoms with Crippen LogP contribution in [0.3, 0.4) is 0 Å². The van der Waals surface area contributed by atoms with Crippen LogP contribution in [0.4, 0.5) is 5.13 Å². The molecule has 9 heteroatoms. The first-order valence-electron chi connectivity index (χ1n) is 7.93. The number of anilines is 1. The molecule has 0 atom stereocenters. The molecule has 3 rings (SSSR count). The topological polar surface area (TPSA) is 80.1 Å². The molecule has 26 heavy (non-hydrogen) atoms. The highest BCUT2D eigenvalue weighted by Crippen LogP contribution is 2.26. The summed E-state index contributed by atoms with van der Waals surface area (Å²) in [5.41, 5.74) is 0.909. The van der Waals surface area contributed by atoms with Gasteiger partial charge in [0.1, 0.15) is 5.76 Å². The Bertz CT molecular complexity index is 839. The molecule has 0 unspecified atom stereocenters. The summed E-state index contributed by atoms with van der Waals surface area (Å²) in [7, 11) is 0. The van der Waals surface area contributed by atoms with E-state index in [-0.39, 0.29) is 5.91 Å². The first-order valence-corrected chi connectivity index (χ1v) is 10.1. The lowest BCUT2D eigenvalue weighted by molar-refractivity contribution is -0.120. The molecule has 0 spiro atoms. The number of benzene rings is 1. The van der Waals surface area contributed by atoms with Crippen molar-refractivity contribution in [1.82, 2.24) is 15.5 Å². The second kappa shape index (κ2) is 9.61. The normalized spacial score (nSPS) is 10.7. The minimum atomic E-state index is -0.0156. The van der Waals surface area contributed by atoms with Gasteiger partial charge in [-0.15, -0.1) is 10.2 Å². The van der Waals surface area contributed by atoms with E-state index < -0.39 is 0 Å². The first kappa shape index (κ1) is 18.8. The predicted molar refractivity (Wildman–Crippen MR) is 105 cm³/mol. The summed E-state index contributed by atoms with van der Waals surface area (Å²) in [6.07, 6.45) is 2.04. The molecule has 3 aromatic rings. The maximum Gasteiger partial charge on any atom is 0.221 e. The van der Waals surface area contributed by atoms with Crippen LogP contribution >= 0.6 is 34.7 Å². The second-order valence-corrected chi connectivity index (χ2v) is 8.00. The van der Waals surface area contributed by atoms with Crippen molar-refractivity contribution in [3.05, 3.63) is 59.0 Å². The Morgan fingerprint density at radius 2 is 2.08 bits per heavy atom. The Balaban J connectivity index is 1.35. The molecule has 1 amide bonds. The van der Waals surface area contributed by atoms with E-state index in [1.54, 1.807) is 6.26 Å². The SMILES string of the molecule is O=C(CCSc1nnc(NCc2ccco2)s1)NCc1ccccc1Cl. The summed E-state index contributed by atoms with van der Waals surface area (Å²) in [5, 5.41) is 15.6. The molecule has 0 saturated carbocycles. The minimum Gasteiger partial charge on any atom is -0.467 e. The van der Waals surface area contributed by atoms with Gasteiger partial charge in [-0.25, -0.2) is 0 Å². The van der Waals surface area contributed by atoms with Gasteiger partial charge in [-0.1, -0.05) is 52.9 Å². The number of nitrogens with zero attached hydrogens (tertiary/aromatic N) is 2. The van der Waals surface area contributed by atoms with Crippen LogP contribution in [-0.2, 0) is 17.9 Å². The number of carbonyl (C=O) groups excluding carboxylic acids is 1. The van der Waals surface area contributed by atoms with Crippen molar-refractivity contribution in [2.24, 2.45) is 0 Å². The molecule has 1 aromatic carbocycles. The number of carbonyl (C=O) groups is 1. The zero-order valence-electron chi connectivity index (χ0n) is 13.8. The average Bonchev–Trinajstić information content (AvgIpc) is 3.31. The summed E-state index contributed by atoms with van der Waals surface area (Å²) in [5.74, 6) is 1.46. The lowest BCUT2D eigenvalue weighted by Gasteiger charge is -2.06. The number of hydrogen-bond acceptors (Lipinski definition) is 7. The molecule has 0 fully saturated rings. The van der Waals surface area contributed by atoms with Crippen molar-refractivity contribution in [1.29, 1.82) is 0 Å². The van der Waals surface area contributed by atoms with Crippen LogP contribution in [0.5, 0.6) is 0 Å². The van der Waals surface area contributed by atoms with E-state index >= 15 is 0 Å². The summed E-state index contributed by atoms with van der Waals surface area (Å²) in [4.78, 5) is 11.9. The third-order valence-corrected chi connectivity index (χ3v) is 5.77. The smallest absolute Gasteiger partial charge is 0.221 e. The molecule has 0 aliphatic heterocycles. The van der Waals surface area contributed by atoms with Crippen molar-refractivity contribution in [2.45, 2.75) is 23.8 Å². The summed E-state index contributed by atoms with van der Waals surface area (Å²) < 4.78 is 6.08. The van der Waals surface area contributed by atoms with Gasteiger partial charge >= 0.3 is 0 Å². The third-order valence-electron chi connectivity index (χ3n) is 3.39. The number of furan rings is 1. The highest BCUT2D eigenvalue weighted by atomic mass is 35.5. The molecule has 0 aliphatic carbocycles. The molecule has 136 valence electrons. The largest absolute Gasteiger partial charge is 0.467 e. The Hall–Kier alpha value is -2.03. The summed E-state index contributed by atoms with van der Waals surface area (Å²) in [6, 6.07) is 11.2. The number of hydrogen-bond donors (Lipinski definition) is 2. The number of aromatic nitrogens is 2. The Morgan fingerprint density at radius 1 is 1.19 bits per heavy atom. The maximum absolute atomic E-state index is 11.9. The third kappa shape index (κ3) is 5.76. The van der Waals surface area contributed by atoms with Gasteiger partial charge in [0.25, 0.3) is 0 Å². The average molecular weight is 409 g/mol. The zero-order chi connectivity index (χ0) is 18.2. The van der Waals surface area contributed by atoms with Crippen LogP contribution in [0.2, 0.25) is 5.02 Å². The predicted octanol–water partition coefficient (Wildman–Crippen LogP) is 4.20. The van der Waals surface area contributed by atoms with Crippen LogP contribution in [0.15, 0.2) is 51.4 Å². The minimum absolute atomic E-state index is 0.0156. The number of nitrogens with one attached hydrogen (secondary N) is 2. The van der Waals surface area contributed by atoms with E-state index in [1.807, 2.05) is 36.4 Å². The first-order chi connectivity index (χ1) is 12.7. The van der Waals surface area contributed by atoms with E-state index in [1.165, 1.54) is 23.1 Å². The van der Waals surface area contributed by atoms with Gasteiger partial charge in [-0.3, -0.25) is 4.79 Å². The van der Waals surface area contributed by atoms with E-state index in [9.17, 15) is 4.79 Å². The molecular weight excluding hydrogens is 392 g/mol. The van der Waals surface area contributed by atoms with E-state index in [4.69, 9.17) is 16.0 Å². The number of halogens is 1. The van der Waals surface area contributed by atoms with Gasteiger partial charge in [0, 0.05) is 23.7 Å². The molecule has 0 saturated heterocycles. The quantitative estimate of drug-likeness (QED) is 0.516. The summed E-state index contributed by atoms with van der Waals surface area (Å²) in [6.45, 7) is 1.000. The van der Waals surface area contributed by atoms with Gasteiger partial charge < -0.3 is 15.1 Å². The Labute approximate surface area is 164 Å². The van der Waals surface area contributed by atoms with Crippen molar-refractivity contribution in [3.8, 4) is 0 Å². The molecule has 2 heterocycles. The van der Waals surface area contributed by atoms with E-state index in [0.717, 1.165) is 20.8 Å². The Kier molecular flexibility index (Phi) is 6.93. The van der Waals surface area contributed by atoms with Gasteiger partial charge in [0.15, 0.2) is 4.34 Å². The molecule has 6 nitrogen and oxygen atoms in total. The van der Waals surface area contributed by atoms with Crippen LogP contribution in [0.25, 0.3) is 0 Å². The van der Waals surface area contributed by atoms with Crippen molar-refractivity contribution >= 4 is 45.7 Å². The van der Waals surface area contributed by atoms with E-state index in [2.05, 4.69) is 20.8 Å². The van der Waals surface area contributed by atoms with E-state index in [0.29, 0.717) is 30.3 Å². The fourth-order valence-corrected chi connectivity index (χ4v) is 4.03. The van der Waals surface area contributed by atoms with Crippen LogP contribution < -0.4 is 10.6 Å². The summed E-state index contributed by atoms with van der Waals surface area (Å²) >= 11 is 9.04. The van der Waals surface area contributed by atoms with Gasteiger partial charge in [0.05, 0.1) is 12.8 Å². The monoisotopic (exact) mass is 408 g/mol. The standard InChI is InChI=1S/C17H17ClN4O2S2/c18-14-6-2-1-4-12(14)10-19-15(23)7-9-25-17-22-21-16(26-17)20-11-13-5-3-8-24-13/h1-6,8H,7,9-11H2,(H,19,23)(H,20,21). The fourth-order valence-electron chi connectivity index (χ4n) is 2.07. The highest BCUT2D eigenvalue weighted by Gasteiger charge is 2.08. The lowest BCUT2D eigenvalue weighted by atomic mass is 10.2. The van der Waals surface area contributed by atoms with Gasteiger partial charge in [-0.2, -0.15) is 0 Å². The molecule has 0 radical (unpaired) electrons. The maximum atomic E-state index is 11.9. The molecular formula is C17H17ClN4O2S2. The number of thioether (sulfide) groups is 1. The number of rotatable bonds is 9. The fraction of sp³-hybridized carbons (Fsp3) is 0.235. The molecule has 0 aliphatic rings. The number of amides is 1. The van der Waals surface area contributed by atoms with Crippen LogP contribution in [0.1, 0.15) is 17.7 Å².